The predicted octanol–water partition coefficient (Wildman–Crippen LogP) is 3.18. The zero-order valence-corrected chi connectivity index (χ0v) is 15.9. The van der Waals surface area contributed by atoms with E-state index in [0.717, 1.165) is 0 Å². The topological polar surface area (TPSA) is 96.5 Å². The third kappa shape index (κ3) is 6.47. The maximum atomic E-state index is 12.0. The van der Waals surface area contributed by atoms with Crippen LogP contribution in [0.3, 0.4) is 0 Å². The van der Waals surface area contributed by atoms with Gasteiger partial charge >= 0.3 is 0 Å². The van der Waals surface area contributed by atoms with E-state index in [1.165, 1.54) is 24.3 Å². The van der Waals surface area contributed by atoms with Crippen LogP contribution in [0.25, 0.3) is 0 Å². The van der Waals surface area contributed by atoms with Crippen molar-refractivity contribution < 1.29 is 19.1 Å². The van der Waals surface area contributed by atoms with Crippen molar-refractivity contribution in [3.05, 3.63) is 58.1 Å². The van der Waals surface area contributed by atoms with E-state index in [4.69, 9.17) is 27.9 Å². The summed E-state index contributed by atoms with van der Waals surface area (Å²) in [4.78, 5) is 35.1. The third-order valence-corrected chi connectivity index (χ3v) is 3.85. The summed E-state index contributed by atoms with van der Waals surface area (Å²) in [5, 5.41) is 3.39. The van der Waals surface area contributed by atoms with Gasteiger partial charge in [0, 0.05) is 22.7 Å². The number of carbonyl (C=O) groups is 3. The number of amides is 3. The predicted molar refractivity (Wildman–Crippen MR) is 103 cm³/mol. The number of rotatable bonds is 6. The number of carbonyl (C=O) groups excluding carboxylic acids is 3. The second-order valence-electron chi connectivity index (χ2n) is 5.34. The van der Waals surface area contributed by atoms with Crippen LogP contribution < -0.4 is 20.9 Å². The number of halogens is 2. The molecular weight excluding hydrogens is 393 g/mol. The van der Waals surface area contributed by atoms with Crippen LogP contribution in [-0.2, 0) is 9.59 Å². The molecule has 0 heterocycles. The fraction of sp³-hybridized carbons (Fsp3) is 0.167. The van der Waals surface area contributed by atoms with E-state index in [1.807, 2.05) is 0 Å². The Labute approximate surface area is 166 Å². The fourth-order valence-electron chi connectivity index (χ4n) is 1.92. The van der Waals surface area contributed by atoms with Crippen molar-refractivity contribution in [3.63, 3.8) is 0 Å². The Hall–Kier alpha value is -2.77. The van der Waals surface area contributed by atoms with Crippen molar-refractivity contribution in [3.8, 4) is 5.75 Å². The first-order valence-electron chi connectivity index (χ1n) is 7.96. The molecule has 9 heteroatoms. The van der Waals surface area contributed by atoms with Crippen LogP contribution >= 0.6 is 23.2 Å². The van der Waals surface area contributed by atoms with Gasteiger partial charge in [-0.3, -0.25) is 25.2 Å². The summed E-state index contributed by atoms with van der Waals surface area (Å²) in [6.07, 6.45) is 0.359. The first-order valence-corrected chi connectivity index (χ1v) is 8.71. The molecule has 2 aromatic carbocycles. The molecule has 0 aliphatic carbocycles. The summed E-state index contributed by atoms with van der Waals surface area (Å²) in [6.45, 7) is 1.40. The van der Waals surface area contributed by atoms with Crippen LogP contribution in [0.1, 0.15) is 23.7 Å². The Balaban J connectivity index is 1.80. The Morgan fingerprint density at radius 3 is 2.30 bits per heavy atom. The Morgan fingerprint density at radius 1 is 0.963 bits per heavy atom. The summed E-state index contributed by atoms with van der Waals surface area (Å²) < 4.78 is 5.26. The summed E-state index contributed by atoms with van der Waals surface area (Å²) in [5.41, 5.74) is 5.40. The number of anilines is 1. The molecule has 3 N–H and O–H groups in total. The van der Waals surface area contributed by atoms with E-state index >= 15 is 0 Å². The van der Waals surface area contributed by atoms with Crippen molar-refractivity contribution >= 4 is 46.6 Å². The minimum absolute atomic E-state index is 0.125. The highest BCUT2D eigenvalue weighted by Crippen LogP contribution is 2.27. The molecule has 3 amide bonds. The normalized spacial score (nSPS) is 10.0. The maximum absolute atomic E-state index is 12.0. The third-order valence-electron chi connectivity index (χ3n) is 3.32. The molecule has 2 aromatic rings. The lowest BCUT2D eigenvalue weighted by atomic mass is 10.2. The molecule has 2 rings (SSSR count). The van der Waals surface area contributed by atoms with Gasteiger partial charge in [-0.25, -0.2) is 0 Å². The molecule has 0 bridgehead atoms. The van der Waals surface area contributed by atoms with E-state index in [0.29, 0.717) is 28.4 Å². The molecule has 0 saturated heterocycles. The number of hydrazine groups is 1. The minimum Gasteiger partial charge on any atom is -0.482 e. The molecule has 0 radical (unpaired) electrons. The highest BCUT2D eigenvalue weighted by atomic mass is 35.5. The van der Waals surface area contributed by atoms with Crippen LogP contribution in [0.2, 0.25) is 10.0 Å². The van der Waals surface area contributed by atoms with E-state index < -0.39 is 11.8 Å². The van der Waals surface area contributed by atoms with Crippen molar-refractivity contribution in [1.82, 2.24) is 10.9 Å². The van der Waals surface area contributed by atoms with Crippen LogP contribution in [0.15, 0.2) is 42.5 Å². The molecule has 0 aliphatic rings. The second-order valence-corrected chi connectivity index (χ2v) is 6.19. The van der Waals surface area contributed by atoms with Crippen LogP contribution in [0, 0.1) is 0 Å². The van der Waals surface area contributed by atoms with Gasteiger partial charge in [0.1, 0.15) is 5.75 Å². The molecule has 0 spiro atoms. The smallest absolute Gasteiger partial charge is 0.276 e. The van der Waals surface area contributed by atoms with E-state index in [1.54, 1.807) is 25.1 Å². The van der Waals surface area contributed by atoms with Gasteiger partial charge < -0.3 is 10.1 Å². The number of nitrogens with one attached hydrogen (secondary N) is 3. The summed E-state index contributed by atoms with van der Waals surface area (Å²) >= 11 is 11.7. The zero-order valence-electron chi connectivity index (χ0n) is 14.3. The fourth-order valence-corrected chi connectivity index (χ4v) is 2.39. The van der Waals surface area contributed by atoms with Crippen molar-refractivity contribution in [2.75, 3.05) is 11.9 Å². The monoisotopic (exact) mass is 409 g/mol. The number of ether oxygens (including phenoxy) is 1. The molecular formula is C18H17Cl2N3O4. The highest BCUT2D eigenvalue weighted by molar-refractivity contribution is 6.35. The number of benzene rings is 2. The van der Waals surface area contributed by atoms with Gasteiger partial charge in [-0.05, 0) is 42.5 Å². The van der Waals surface area contributed by atoms with Gasteiger partial charge in [-0.15, -0.1) is 0 Å². The molecule has 0 saturated carbocycles. The Bertz CT molecular complexity index is 841. The molecule has 0 unspecified atom stereocenters. The molecule has 7 nitrogen and oxygen atoms in total. The van der Waals surface area contributed by atoms with Crippen molar-refractivity contribution in [2.24, 2.45) is 0 Å². The molecule has 0 atom stereocenters. The Morgan fingerprint density at radius 2 is 1.67 bits per heavy atom. The lowest BCUT2D eigenvalue weighted by Crippen LogP contribution is -2.43. The van der Waals surface area contributed by atoms with Gasteiger partial charge in [0.25, 0.3) is 11.8 Å². The lowest BCUT2D eigenvalue weighted by Gasteiger charge is -2.10. The first kappa shape index (κ1) is 20.5. The molecule has 0 fully saturated rings. The van der Waals surface area contributed by atoms with Crippen molar-refractivity contribution in [2.45, 2.75) is 13.3 Å². The van der Waals surface area contributed by atoms with Crippen LogP contribution in [0.5, 0.6) is 5.75 Å². The zero-order chi connectivity index (χ0) is 19.8. The van der Waals surface area contributed by atoms with Crippen LogP contribution in [-0.4, -0.2) is 24.3 Å². The molecule has 0 aliphatic heterocycles. The van der Waals surface area contributed by atoms with E-state index in [9.17, 15) is 14.4 Å². The van der Waals surface area contributed by atoms with E-state index in [-0.39, 0.29) is 17.5 Å². The molecule has 142 valence electrons. The minimum atomic E-state index is -0.568. The quantitative estimate of drug-likeness (QED) is 0.638. The van der Waals surface area contributed by atoms with Crippen LogP contribution in [0.4, 0.5) is 5.69 Å². The maximum Gasteiger partial charge on any atom is 0.276 e. The summed E-state index contributed by atoms with van der Waals surface area (Å²) in [7, 11) is 0. The summed E-state index contributed by atoms with van der Waals surface area (Å²) in [5.74, 6) is -0.907. The Kier molecular flexibility index (Phi) is 7.45. The van der Waals surface area contributed by atoms with Crippen molar-refractivity contribution in [1.29, 1.82) is 0 Å². The molecule has 0 aromatic heterocycles. The second kappa shape index (κ2) is 9.80. The first-order chi connectivity index (χ1) is 12.9. The average Bonchev–Trinajstić information content (AvgIpc) is 2.65. The SMILES string of the molecule is CCC(=O)Nc1ccc(C(=O)NNC(=O)COc2ccc(Cl)cc2Cl)cc1. The summed E-state index contributed by atoms with van der Waals surface area (Å²) in [6, 6.07) is 10.8. The van der Waals surface area contributed by atoms with Gasteiger partial charge in [0.2, 0.25) is 5.91 Å². The standard InChI is InChI=1S/C18H17Cl2N3O4/c1-2-16(24)21-13-6-3-11(4-7-13)18(26)23-22-17(25)10-27-15-8-5-12(19)9-14(15)20/h3-9H,2,10H2,1H3,(H,21,24)(H,22,25)(H,23,26). The number of hydrogen-bond acceptors (Lipinski definition) is 4. The lowest BCUT2D eigenvalue weighted by molar-refractivity contribution is -0.123. The van der Waals surface area contributed by atoms with Gasteiger partial charge in [0.15, 0.2) is 6.61 Å². The number of hydrogen-bond donors (Lipinski definition) is 3. The highest BCUT2D eigenvalue weighted by Gasteiger charge is 2.10. The average molecular weight is 410 g/mol. The van der Waals surface area contributed by atoms with Gasteiger partial charge in [-0.1, -0.05) is 30.1 Å². The largest absolute Gasteiger partial charge is 0.482 e. The van der Waals surface area contributed by atoms with Gasteiger partial charge in [0.05, 0.1) is 5.02 Å². The van der Waals surface area contributed by atoms with E-state index in [2.05, 4.69) is 16.2 Å². The van der Waals surface area contributed by atoms with Gasteiger partial charge in [-0.2, -0.15) is 0 Å². The molecule has 27 heavy (non-hydrogen) atoms.